The van der Waals surface area contributed by atoms with Crippen molar-refractivity contribution in [1.82, 2.24) is 106 Å². The molecule has 0 unspecified atom stereocenters. The Bertz CT molecular complexity index is 2150. The van der Waals surface area contributed by atoms with Crippen LogP contribution in [-0.2, 0) is 62.7 Å². The van der Waals surface area contributed by atoms with Crippen LogP contribution in [0, 0.1) is 0 Å². The number of aliphatic hydroxyl groups is 2. The highest BCUT2D eigenvalue weighted by atomic mass is 32.2. The summed E-state index contributed by atoms with van der Waals surface area (Å²) in [5, 5.41) is 57.5. The minimum atomic E-state index is -4.19. The standard InChI is InChI=1S/C4H8N4.C4H7N3O.C3H6N4.C3H6N3O3P.C3H5N3O3S.C3H5N3O.C2H3N3O3S/c5-2-1-4-6-3-7-8-4;8-2-1-4-5-3-6-7-4;4-1-3-5-2-6-7-3;2*7-10(8,9)1-3-4-2-5-6-3;7-1-3-4-2-5-6-3;6-9(7,8)2-3-1-4-5-2/h3H,1-2,5H2,(H,6,7,8);3,8H,1-2H2,(H,5,6,7);2H,1,4H2,(H,5,6,7);2H,1H2,(H,4,5,6)(H2,7,8,9);2H,1H2,(H,4,5,6)(H,7,8,9);2,7H,1H2,(H,4,5,6);1H,(H,3,4,5)(H,6,7,8). The predicted octanol–water partition coefficient (Wildman–Crippen LogP) is -5.07. The highest BCUT2D eigenvalue weighted by molar-refractivity contribution is 7.85. The quantitative estimate of drug-likeness (QED) is 0.0427. The summed E-state index contributed by atoms with van der Waals surface area (Å²) in [6, 6.07) is 0. The third-order valence-electron chi connectivity index (χ3n) is 5.17. The van der Waals surface area contributed by atoms with Gasteiger partial charge in [0.2, 0.25) is 0 Å². The molecule has 59 heavy (non-hydrogen) atoms. The summed E-state index contributed by atoms with van der Waals surface area (Å²) >= 11 is 0. The molecule has 37 heteroatoms. The summed E-state index contributed by atoms with van der Waals surface area (Å²) < 4.78 is 67.4. The van der Waals surface area contributed by atoms with Crippen molar-refractivity contribution in [2.45, 2.75) is 43.1 Å². The summed E-state index contributed by atoms with van der Waals surface area (Å²) in [7, 11) is -12.2. The van der Waals surface area contributed by atoms with E-state index in [2.05, 4.69) is 101 Å². The van der Waals surface area contributed by atoms with Crippen LogP contribution in [-0.4, -0.2) is 165 Å². The molecule has 7 heterocycles. The van der Waals surface area contributed by atoms with Crippen LogP contribution in [0.2, 0.25) is 0 Å². The zero-order chi connectivity index (χ0) is 44.0. The van der Waals surface area contributed by atoms with Crippen molar-refractivity contribution in [3.05, 3.63) is 79.2 Å². The zero-order valence-electron chi connectivity index (χ0n) is 30.1. The van der Waals surface area contributed by atoms with E-state index in [1.165, 1.54) is 38.0 Å². The fourth-order valence-electron chi connectivity index (χ4n) is 2.88. The van der Waals surface area contributed by atoms with Crippen molar-refractivity contribution in [2.75, 3.05) is 13.2 Å². The van der Waals surface area contributed by atoms with E-state index in [1.54, 1.807) is 0 Å². The second kappa shape index (κ2) is 28.2. The van der Waals surface area contributed by atoms with Crippen LogP contribution in [0.1, 0.15) is 34.9 Å². The van der Waals surface area contributed by atoms with E-state index in [0.717, 1.165) is 30.2 Å². The van der Waals surface area contributed by atoms with E-state index >= 15 is 0 Å². The van der Waals surface area contributed by atoms with Gasteiger partial charge in [0.1, 0.15) is 97.8 Å². The molecule has 0 saturated heterocycles. The molecule has 34 nitrogen and oxygen atoms in total. The molecule has 0 aromatic carbocycles. The van der Waals surface area contributed by atoms with Crippen molar-refractivity contribution in [1.29, 1.82) is 0 Å². The number of rotatable bonds is 11. The van der Waals surface area contributed by atoms with Gasteiger partial charge in [0.15, 0.2) is 0 Å². The molecule has 7 aromatic heterocycles. The van der Waals surface area contributed by atoms with E-state index in [-0.39, 0.29) is 31.0 Å². The van der Waals surface area contributed by atoms with Gasteiger partial charge in [-0.05, 0) is 6.54 Å². The van der Waals surface area contributed by atoms with Crippen LogP contribution in [0.15, 0.2) is 49.4 Å². The fraction of sp³-hybridized carbons (Fsp3) is 0.364. The maximum Gasteiger partial charge on any atom is 0.333 e. The van der Waals surface area contributed by atoms with Gasteiger partial charge in [-0.2, -0.15) is 52.5 Å². The number of nitrogens with zero attached hydrogens (tertiary/aromatic N) is 14. The Kier molecular flexibility index (Phi) is 24.3. The first-order chi connectivity index (χ1) is 28.0. The van der Waals surface area contributed by atoms with Crippen molar-refractivity contribution < 1.29 is 50.5 Å². The second-order valence-corrected chi connectivity index (χ2v) is 14.2. The minimum absolute atomic E-state index is 0.0694. The molecule has 0 radical (unpaired) electrons. The van der Waals surface area contributed by atoms with E-state index < -0.39 is 38.7 Å². The first-order valence-corrected chi connectivity index (χ1v) is 20.3. The fourth-order valence-corrected chi connectivity index (χ4v) is 4.25. The van der Waals surface area contributed by atoms with Gasteiger partial charge in [-0.15, -0.1) is 0 Å². The van der Waals surface area contributed by atoms with Gasteiger partial charge >= 0.3 is 17.7 Å². The second-order valence-electron chi connectivity index (χ2n) is 9.78. The topological polar surface area (TPSA) is 550 Å². The molecule has 326 valence electrons. The van der Waals surface area contributed by atoms with Crippen LogP contribution >= 0.6 is 7.60 Å². The number of aliphatic hydroxyl groups excluding tert-OH is 2. The average Bonchev–Trinajstić information content (AvgIpc) is 4.03. The lowest BCUT2D eigenvalue weighted by Crippen LogP contribution is -2.03. The average molecular weight is 898 g/mol. The molecule has 0 saturated carbocycles. The minimum Gasteiger partial charge on any atom is -0.396 e. The van der Waals surface area contributed by atoms with E-state index in [9.17, 15) is 21.4 Å². The van der Waals surface area contributed by atoms with Crippen LogP contribution in [0.25, 0.3) is 0 Å². The van der Waals surface area contributed by atoms with Crippen LogP contribution in [0.3, 0.4) is 0 Å². The summed E-state index contributed by atoms with van der Waals surface area (Å²) in [4.78, 5) is 42.0. The van der Waals surface area contributed by atoms with Crippen LogP contribution in [0.5, 0.6) is 0 Å². The molecule has 0 fully saturated rings. The van der Waals surface area contributed by atoms with Crippen molar-refractivity contribution in [3.63, 3.8) is 0 Å². The Balaban J connectivity index is 0.000000345. The molecule has 0 bridgehead atoms. The molecular weight excluding hydrogens is 857 g/mol. The van der Waals surface area contributed by atoms with Gasteiger partial charge in [-0.1, -0.05) is 0 Å². The molecule has 0 aliphatic heterocycles. The number of aromatic nitrogens is 21. The van der Waals surface area contributed by atoms with Gasteiger partial charge in [0, 0.05) is 12.8 Å². The summed E-state index contributed by atoms with van der Waals surface area (Å²) in [6.45, 7) is 1.10. The largest absolute Gasteiger partial charge is 0.396 e. The summed E-state index contributed by atoms with van der Waals surface area (Å²) in [5.74, 6) is 2.61. The predicted molar refractivity (Wildman–Crippen MR) is 193 cm³/mol. The van der Waals surface area contributed by atoms with Gasteiger partial charge in [-0.3, -0.25) is 44.3 Å². The third kappa shape index (κ3) is 27.1. The number of nitrogens with one attached hydrogen (secondary N) is 7. The smallest absolute Gasteiger partial charge is 0.333 e. The van der Waals surface area contributed by atoms with Gasteiger partial charge in [0.05, 0.1) is 13.2 Å². The van der Waals surface area contributed by atoms with Gasteiger partial charge < -0.3 is 31.5 Å². The maximum atomic E-state index is 10.3. The van der Waals surface area contributed by atoms with Crippen molar-refractivity contribution >= 4 is 27.8 Å². The Morgan fingerprint density at radius 2 is 0.932 bits per heavy atom. The van der Waals surface area contributed by atoms with E-state index in [1.807, 2.05) is 5.10 Å². The number of hydrogen-bond donors (Lipinski definition) is 15. The number of H-pyrrole nitrogens is 7. The van der Waals surface area contributed by atoms with Gasteiger partial charge in [-0.25, -0.2) is 40.0 Å². The third-order valence-corrected chi connectivity index (χ3v) is 7.21. The zero-order valence-corrected chi connectivity index (χ0v) is 32.6. The molecule has 7 rings (SSSR count). The SMILES string of the molecule is NCCc1ncn[nH]1.NCc1ncn[nH]1.O=P(O)(O)Cc1ncn[nH]1.O=S(=O)(O)Cc1ncn[nH]1.O=S(=O)(O)c1ncn[nH]1.OCCc1ncn[nH]1.OCc1ncn[nH]1. The highest BCUT2D eigenvalue weighted by Crippen LogP contribution is 2.37. The van der Waals surface area contributed by atoms with Gasteiger partial charge in [0.25, 0.3) is 15.3 Å². The molecule has 0 spiro atoms. The summed E-state index contributed by atoms with van der Waals surface area (Å²) in [5.41, 5.74) is 10.4. The highest BCUT2D eigenvalue weighted by Gasteiger charge is 2.15. The molecular formula is C22H40N23O11PS2. The first-order valence-electron chi connectivity index (χ1n) is 15.5. The van der Waals surface area contributed by atoms with Crippen molar-refractivity contribution in [3.8, 4) is 0 Å². The summed E-state index contributed by atoms with van der Waals surface area (Å²) in [6.07, 6.45) is 9.99. The van der Waals surface area contributed by atoms with Crippen molar-refractivity contribution in [2.24, 2.45) is 11.5 Å². The Morgan fingerprint density at radius 3 is 1.20 bits per heavy atom. The lowest BCUT2D eigenvalue weighted by molar-refractivity contribution is 0.272. The molecule has 0 aliphatic rings. The first kappa shape index (κ1) is 50.8. The normalized spacial score (nSPS) is 10.6. The van der Waals surface area contributed by atoms with Crippen LogP contribution in [0.4, 0.5) is 0 Å². The number of aromatic amines is 7. The monoisotopic (exact) mass is 897 g/mol. The molecule has 7 aromatic rings. The van der Waals surface area contributed by atoms with E-state index in [0.29, 0.717) is 25.3 Å². The molecule has 0 atom stereocenters. The Morgan fingerprint density at radius 1 is 0.542 bits per heavy atom. The maximum absolute atomic E-state index is 10.3. The molecule has 0 amide bonds. The molecule has 0 aliphatic carbocycles. The number of nitrogens with two attached hydrogens (primary N) is 2. The van der Waals surface area contributed by atoms with Crippen LogP contribution < -0.4 is 11.5 Å². The lowest BCUT2D eigenvalue weighted by atomic mass is 10.4. The number of hydrogen-bond acceptors (Lipinski definition) is 23. The lowest BCUT2D eigenvalue weighted by Gasteiger charge is -1.97. The molecule has 17 N–H and O–H groups in total. The van der Waals surface area contributed by atoms with E-state index in [4.69, 9.17) is 40.6 Å². The Hall–Kier alpha value is -6.21. The Labute approximate surface area is 331 Å².